The maximum absolute atomic E-state index is 12.3. The van der Waals surface area contributed by atoms with Crippen LogP contribution in [0.1, 0.15) is 24.2 Å². The lowest BCUT2D eigenvalue weighted by molar-refractivity contribution is -0.122. The van der Waals surface area contributed by atoms with Crippen LogP contribution in [0.2, 0.25) is 0 Å². The van der Waals surface area contributed by atoms with Crippen molar-refractivity contribution < 1.29 is 19.1 Å². The van der Waals surface area contributed by atoms with E-state index < -0.39 is 5.92 Å². The van der Waals surface area contributed by atoms with Gasteiger partial charge < -0.3 is 19.6 Å². The molecule has 0 radical (unpaired) electrons. The minimum absolute atomic E-state index is 0.0505. The number of hydrogen-bond acceptors (Lipinski definition) is 4. The van der Waals surface area contributed by atoms with Gasteiger partial charge in [-0.15, -0.1) is 0 Å². The maximum Gasteiger partial charge on any atom is 0.230 e. The quantitative estimate of drug-likeness (QED) is 0.752. The van der Waals surface area contributed by atoms with Crippen LogP contribution in [-0.4, -0.2) is 18.1 Å². The smallest absolute Gasteiger partial charge is 0.230 e. The molecule has 1 aromatic heterocycles. The molecule has 1 atom stereocenters. The van der Waals surface area contributed by atoms with Crippen LogP contribution in [0.4, 0.5) is 0 Å². The fourth-order valence-electron chi connectivity index (χ4n) is 2.53. The van der Waals surface area contributed by atoms with E-state index in [-0.39, 0.29) is 11.7 Å². The standard InChI is InChI=1S/C19H19NO4/c1-12(18-10-14-5-3-4-6-16(14)24-18)19(22)20-11-13-7-8-17(23-2)15(21)9-13/h3-10,12,21H,11H2,1-2H3,(H,20,22). The molecule has 2 aromatic carbocycles. The van der Waals surface area contributed by atoms with Crippen LogP contribution in [0.5, 0.6) is 11.5 Å². The Morgan fingerprint density at radius 3 is 2.75 bits per heavy atom. The first kappa shape index (κ1) is 15.9. The second-order valence-electron chi connectivity index (χ2n) is 5.63. The maximum atomic E-state index is 12.3. The van der Waals surface area contributed by atoms with Gasteiger partial charge in [0, 0.05) is 11.9 Å². The topological polar surface area (TPSA) is 71.7 Å². The van der Waals surface area contributed by atoms with Crippen molar-refractivity contribution in [3.8, 4) is 11.5 Å². The van der Waals surface area contributed by atoms with Gasteiger partial charge in [0.25, 0.3) is 0 Å². The first-order valence-corrected chi connectivity index (χ1v) is 7.70. The van der Waals surface area contributed by atoms with Crippen LogP contribution < -0.4 is 10.1 Å². The molecule has 3 aromatic rings. The van der Waals surface area contributed by atoms with Crippen LogP contribution in [0.3, 0.4) is 0 Å². The van der Waals surface area contributed by atoms with Crippen LogP contribution in [0.15, 0.2) is 52.9 Å². The molecule has 1 heterocycles. The number of para-hydroxylation sites is 1. The van der Waals surface area contributed by atoms with Crippen molar-refractivity contribution >= 4 is 16.9 Å². The van der Waals surface area contributed by atoms with Crippen molar-refractivity contribution in [2.75, 3.05) is 7.11 Å². The molecule has 124 valence electrons. The minimum Gasteiger partial charge on any atom is -0.504 e. The Morgan fingerprint density at radius 1 is 1.25 bits per heavy atom. The predicted octanol–water partition coefficient (Wildman–Crippen LogP) is 3.57. The summed E-state index contributed by atoms with van der Waals surface area (Å²) in [4.78, 5) is 12.3. The number of hydrogen-bond donors (Lipinski definition) is 2. The average Bonchev–Trinajstić information content (AvgIpc) is 3.03. The van der Waals surface area contributed by atoms with Crippen molar-refractivity contribution in [2.45, 2.75) is 19.4 Å². The van der Waals surface area contributed by atoms with E-state index in [0.29, 0.717) is 18.1 Å². The lowest BCUT2D eigenvalue weighted by atomic mass is 10.1. The summed E-state index contributed by atoms with van der Waals surface area (Å²) in [5.74, 6) is 0.551. The lowest BCUT2D eigenvalue weighted by Gasteiger charge is -2.11. The zero-order chi connectivity index (χ0) is 17.1. The summed E-state index contributed by atoms with van der Waals surface area (Å²) in [5, 5.41) is 13.6. The van der Waals surface area contributed by atoms with E-state index in [1.54, 1.807) is 25.1 Å². The summed E-state index contributed by atoms with van der Waals surface area (Å²) in [7, 11) is 1.49. The summed E-state index contributed by atoms with van der Waals surface area (Å²) >= 11 is 0. The van der Waals surface area contributed by atoms with Crippen LogP contribution in [-0.2, 0) is 11.3 Å². The Labute approximate surface area is 139 Å². The molecular weight excluding hydrogens is 306 g/mol. The van der Waals surface area contributed by atoms with Gasteiger partial charge in [-0.1, -0.05) is 24.3 Å². The second-order valence-corrected chi connectivity index (χ2v) is 5.63. The van der Waals surface area contributed by atoms with E-state index in [9.17, 15) is 9.90 Å². The van der Waals surface area contributed by atoms with Crippen LogP contribution >= 0.6 is 0 Å². The van der Waals surface area contributed by atoms with Crippen molar-refractivity contribution in [1.29, 1.82) is 0 Å². The number of furan rings is 1. The van der Waals surface area contributed by atoms with Gasteiger partial charge in [0.2, 0.25) is 5.91 Å². The minimum atomic E-state index is -0.399. The van der Waals surface area contributed by atoms with Gasteiger partial charge in [-0.25, -0.2) is 0 Å². The number of carbonyl (C=O) groups is 1. The lowest BCUT2D eigenvalue weighted by Crippen LogP contribution is -2.27. The molecule has 0 aliphatic heterocycles. The number of aromatic hydroxyl groups is 1. The molecule has 2 N–H and O–H groups in total. The molecule has 0 aliphatic carbocycles. The Kier molecular flexibility index (Phi) is 4.42. The molecule has 5 nitrogen and oxygen atoms in total. The highest BCUT2D eigenvalue weighted by molar-refractivity contribution is 5.85. The molecule has 1 amide bonds. The fourth-order valence-corrected chi connectivity index (χ4v) is 2.53. The molecule has 0 saturated heterocycles. The van der Waals surface area contributed by atoms with Gasteiger partial charge in [0.05, 0.1) is 13.0 Å². The van der Waals surface area contributed by atoms with Gasteiger partial charge in [-0.05, 0) is 36.8 Å². The molecule has 0 saturated carbocycles. The van der Waals surface area contributed by atoms with E-state index in [1.807, 2.05) is 30.3 Å². The third kappa shape index (κ3) is 3.20. The van der Waals surface area contributed by atoms with E-state index >= 15 is 0 Å². The second kappa shape index (κ2) is 6.66. The summed E-state index contributed by atoms with van der Waals surface area (Å²) in [6.45, 7) is 2.12. The number of phenols is 1. The number of benzene rings is 2. The summed E-state index contributed by atoms with van der Waals surface area (Å²) in [6, 6.07) is 14.6. The van der Waals surface area contributed by atoms with Gasteiger partial charge in [0.15, 0.2) is 11.5 Å². The molecule has 3 rings (SSSR count). The average molecular weight is 325 g/mol. The fraction of sp³-hybridized carbons (Fsp3) is 0.211. The molecular formula is C19H19NO4. The first-order chi connectivity index (χ1) is 11.6. The number of amides is 1. The highest BCUT2D eigenvalue weighted by Crippen LogP contribution is 2.27. The van der Waals surface area contributed by atoms with Crippen LogP contribution in [0.25, 0.3) is 11.0 Å². The monoisotopic (exact) mass is 325 g/mol. The van der Waals surface area contributed by atoms with Gasteiger partial charge in [-0.2, -0.15) is 0 Å². The van der Waals surface area contributed by atoms with E-state index in [1.165, 1.54) is 7.11 Å². The van der Waals surface area contributed by atoms with Crippen LogP contribution in [0, 0.1) is 0 Å². The number of methoxy groups -OCH3 is 1. The number of nitrogens with one attached hydrogen (secondary N) is 1. The molecule has 0 spiro atoms. The van der Waals surface area contributed by atoms with Crippen molar-refractivity contribution in [2.24, 2.45) is 0 Å². The van der Waals surface area contributed by atoms with E-state index in [2.05, 4.69) is 5.32 Å². The van der Waals surface area contributed by atoms with E-state index in [4.69, 9.17) is 9.15 Å². The Morgan fingerprint density at radius 2 is 2.04 bits per heavy atom. The Hall–Kier alpha value is -2.95. The third-order valence-electron chi connectivity index (χ3n) is 3.97. The molecule has 0 aliphatic rings. The van der Waals surface area contributed by atoms with Crippen molar-refractivity contribution in [3.05, 3.63) is 59.9 Å². The summed E-state index contributed by atoms with van der Waals surface area (Å²) < 4.78 is 10.7. The zero-order valence-corrected chi connectivity index (χ0v) is 13.6. The highest BCUT2D eigenvalue weighted by Gasteiger charge is 2.19. The first-order valence-electron chi connectivity index (χ1n) is 7.70. The van der Waals surface area contributed by atoms with Gasteiger partial charge >= 0.3 is 0 Å². The molecule has 0 fully saturated rings. The van der Waals surface area contributed by atoms with Gasteiger partial charge in [-0.3, -0.25) is 4.79 Å². The largest absolute Gasteiger partial charge is 0.504 e. The third-order valence-corrected chi connectivity index (χ3v) is 3.97. The predicted molar refractivity (Wildman–Crippen MR) is 91.1 cm³/mol. The SMILES string of the molecule is COc1ccc(CNC(=O)C(C)c2cc3ccccc3o2)cc1O. The summed E-state index contributed by atoms with van der Waals surface area (Å²) in [5.41, 5.74) is 1.56. The number of ether oxygens (including phenoxy) is 1. The molecule has 24 heavy (non-hydrogen) atoms. The molecule has 5 heteroatoms. The Balaban J connectivity index is 1.66. The Bertz CT molecular complexity index is 836. The highest BCUT2D eigenvalue weighted by atomic mass is 16.5. The van der Waals surface area contributed by atoms with Crippen molar-refractivity contribution in [3.63, 3.8) is 0 Å². The normalized spacial score (nSPS) is 12.1. The summed E-state index contributed by atoms with van der Waals surface area (Å²) in [6.07, 6.45) is 0. The van der Waals surface area contributed by atoms with Gasteiger partial charge in [0.1, 0.15) is 11.3 Å². The van der Waals surface area contributed by atoms with Crippen molar-refractivity contribution in [1.82, 2.24) is 5.32 Å². The zero-order valence-electron chi connectivity index (χ0n) is 13.6. The number of rotatable bonds is 5. The molecule has 0 bridgehead atoms. The molecule has 1 unspecified atom stereocenters. The van der Waals surface area contributed by atoms with E-state index in [0.717, 1.165) is 16.5 Å². The number of fused-ring (bicyclic) bond motifs is 1. The number of phenolic OH excluding ortho intramolecular Hbond substituents is 1. The number of carbonyl (C=O) groups excluding carboxylic acids is 1.